The average Bonchev–Trinajstić information content (AvgIpc) is 3.15. The second-order valence-corrected chi connectivity index (χ2v) is 5.19. The van der Waals surface area contributed by atoms with Gasteiger partial charge in [-0.1, -0.05) is 18.2 Å². The topological polar surface area (TPSA) is 36.9 Å². The first-order valence-electron chi connectivity index (χ1n) is 7.16. The van der Waals surface area contributed by atoms with Gasteiger partial charge in [-0.05, 0) is 48.6 Å². The molecule has 4 nitrogen and oxygen atoms in total. The molecule has 0 atom stereocenters. The predicted octanol–water partition coefficient (Wildman–Crippen LogP) is 3.32. The molecule has 2 heterocycles. The Balaban J connectivity index is 1.41. The minimum atomic E-state index is 0.326. The van der Waals surface area contributed by atoms with E-state index in [0.29, 0.717) is 13.6 Å². The van der Waals surface area contributed by atoms with Crippen LogP contribution in [0.3, 0.4) is 0 Å². The van der Waals surface area contributed by atoms with Crippen LogP contribution >= 0.6 is 0 Å². The van der Waals surface area contributed by atoms with Gasteiger partial charge in [0, 0.05) is 0 Å². The van der Waals surface area contributed by atoms with Gasteiger partial charge in [-0.15, -0.1) is 0 Å². The molecule has 0 fully saturated rings. The highest BCUT2D eigenvalue weighted by Crippen LogP contribution is 2.36. The molecule has 0 bridgehead atoms. The summed E-state index contributed by atoms with van der Waals surface area (Å²) in [6.45, 7) is 0.654. The van der Waals surface area contributed by atoms with E-state index in [1.165, 1.54) is 11.1 Å². The molecule has 0 spiro atoms. The number of rotatable bonds is 4. The highest BCUT2D eigenvalue weighted by molar-refractivity contribution is 5.48. The highest BCUT2D eigenvalue weighted by Gasteiger charge is 2.17. The number of ether oxygens (including phenoxy) is 4. The smallest absolute Gasteiger partial charge is 0.231 e. The summed E-state index contributed by atoms with van der Waals surface area (Å²) >= 11 is 0. The molecular formula is C17H16O4. The van der Waals surface area contributed by atoms with E-state index in [1.54, 1.807) is 0 Å². The van der Waals surface area contributed by atoms with Gasteiger partial charge in [0.25, 0.3) is 0 Å². The molecule has 0 radical (unpaired) electrons. The molecule has 2 aromatic carbocycles. The quantitative estimate of drug-likeness (QED) is 0.863. The molecular weight excluding hydrogens is 268 g/mol. The van der Waals surface area contributed by atoms with Gasteiger partial charge in [-0.2, -0.15) is 0 Å². The third-order valence-electron chi connectivity index (χ3n) is 3.83. The maximum Gasteiger partial charge on any atom is 0.231 e. The van der Waals surface area contributed by atoms with Gasteiger partial charge < -0.3 is 18.9 Å². The van der Waals surface area contributed by atoms with Crippen LogP contribution in [0.25, 0.3) is 0 Å². The van der Waals surface area contributed by atoms with Crippen molar-refractivity contribution in [2.75, 3.05) is 13.6 Å². The maximum atomic E-state index is 5.53. The number of aryl methyl sites for hydroxylation is 2. The standard InChI is InChI=1S/C17H16O4/c1(3-12-7-8-14-16(9-12)20-10-18-14)4-13-5-2-6-15-17(13)21-11-19-15/h2,5-9H,1,3-4,10-11H2. The van der Waals surface area contributed by atoms with Crippen molar-refractivity contribution in [3.05, 3.63) is 47.5 Å². The lowest BCUT2D eigenvalue weighted by Gasteiger charge is -2.06. The van der Waals surface area contributed by atoms with Gasteiger partial charge in [-0.3, -0.25) is 0 Å². The summed E-state index contributed by atoms with van der Waals surface area (Å²) in [5.74, 6) is 3.45. The average molecular weight is 284 g/mol. The molecule has 0 saturated heterocycles. The number of fused-ring (bicyclic) bond motifs is 2. The third kappa shape index (κ3) is 2.37. The van der Waals surface area contributed by atoms with E-state index in [9.17, 15) is 0 Å². The number of para-hydroxylation sites is 1. The minimum absolute atomic E-state index is 0.326. The van der Waals surface area contributed by atoms with E-state index in [-0.39, 0.29) is 0 Å². The first kappa shape index (κ1) is 12.4. The van der Waals surface area contributed by atoms with Gasteiger partial charge >= 0.3 is 0 Å². The first-order valence-corrected chi connectivity index (χ1v) is 7.16. The molecule has 4 heteroatoms. The van der Waals surface area contributed by atoms with Crippen molar-refractivity contribution in [2.24, 2.45) is 0 Å². The zero-order valence-electron chi connectivity index (χ0n) is 11.6. The Kier molecular flexibility index (Phi) is 3.07. The Morgan fingerprint density at radius 1 is 0.762 bits per heavy atom. The predicted molar refractivity (Wildman–Crippen MR) is 77.2 cm³/mol. The van der Waals surface area contributed by atoms with Gasteiger partial charge in [0.2, 0.25) is 13.6 Å². The van der Waals surface area contributed by atoms with Crippen LogP contribution in [0.4, 0.5) is 0 Å². The van der Waals surface area contributed by atoms with Gasteiger partial charge in [0.05, 0.1) is 0 Å². The second kappa shape index (κ2) is 5.20. The first-order chi connectivity index (χ1) is 10.4. The largest absolute Gasteiger partial charge is 0.454 e. The van der Waals surface area contributed by atoms with E-state index in [4.69, 9.17) is 18.9 Å². The second-order valence-electron chi connectivity index (χ2n) is 5.19. The Hall–Kier alpha value is -2.36. The zero-order chi connectivity index (χ0) is 14.1. The molecule has 0 N–H and O–H groups in total. The lowest BCUT2D eigenvalue weighted by molar-refractivity contribution is 0.173. The van der Waals surface area contributed by atoms with Gasteiger partial charge in [0.15, 0.2) is 23.0 Å². The molecule has 2 aliphatic rings. The SMILES string of the molecule is c1cc(CCCc2ccc3c(c2)OCO3)c2c(c1)OCO2. The molecule has 108 valence electrons. The van der Waals surface area contributed by atoms with E-state index in [1.807, 2.05) is 18.2 Å². The fourth-order valence-electron chi connectivity index (χ4n) is 2.77. The fourth-order valence-corrected chi connectivity index (χ4v) is 2.77. The monoisotopic (exact) mass is 284 g/mol. The summed E-state index contributed by atoms with van der Waals surface area (Å²) in [6, 6.07) is 12.2. The van der Waals surface area contributed by atoms with Crippen LogP contribution in [0.15, 0.2) is 36.4 Å². The van der Waals surface area contributed by atoms with Crippen molar-refractivity contribution in [2.45, 2.75) is 19.3 Å². The lowest BCUT2D eigenvalue weighted by atomic mass is 10.0. The van der Waals surface area contributed by atoms with Crippen LogP contribution in [0, 0.1) is 0 Å². The maximum absolute atomic E-state index is 5.53. The summed E-state index contributed by atoms with van der Waals surface area (Å²) < 4.78 is 21.7. The van der Waals surface area contributed by atoms with Crippen molar-refractivity contribution in [3.63, 3.8) is 0 Å². The van der Waals surface area contributed by atoms with Crippen LogP contribution in [-0.2, 0) is 12.8 Å². The number of benzene rings is 2. The fraction of sp³-hybridized carbons (Fsp3) is 0.294. The van der Waals surface area contributed by atoms with Crippen LogP contribution in [0.5, 0.6) is 23.0 Å². The Morgan fingerprint density at radius 2 is 1.62 bits per heavy atom. The van der Waals surface area contributed by atoms with E-state index in [2.05, 4.69) is 18.2 Å². The van der Waals surface area contributed by atoms with E-state index in [0.717, 1.165) is 42.3 Å². The summed E-state index contributed by atoms with van der Waals surface area (Å²) in [4.78, 5) is 0. The van der Waals surface area contributed by atoms with Gasteiger partial charge in [0.1, 0.15) is 0 Å². The van der Waals surface area contributed by atoms with E-state index < -0.39 is 0 Å². The molecule has 0 aromatic heterocycles. The van der Waals surface area contributed by atoms with E-state index >= 15 is 0 Å². The van der Waals surface area contributed by atoms with Crippen LogP contribution in [-0.4, -0.2) is 13.6 Å². The Labute approximate surface area is 123 Å². The third-order valence-corrected chi connectivity index (χ3v) is 3.83. The van der Waals surface area contributed by atoms with Crippen molar-refractivity contribution < 1.29 is 18.9 Å². The zero-order valence-corrected chi connectivity index (χ0v) is 11.6. The molecule has 0 amide bonds. The van der Waals surface area contributed by atoms with Crippen LogP contribution in [0.2, 0.25) is 0 Å². The van der Waals surface area contributed by atoms with Crippen molar-refractivity contribution >= 4 is 0 Å². The summed E-state index contributed by atoms with van der Waals surface area (Å²) in [6.07, 6.45) is 3.03. The number of hydrogen-bond donors (Lipinski definition) is 0. The molecule has 2 aromatic rings. The summed E-state index contributed by atoms with van der Waals surface area (Å²) in [5.41, 5.74) is 2.48. The van der Waals surface area contributed by atoms with Crippen molar-refractivity contribution in [1.82, 2.24) is 0 Å². The normalized spacial score (nSPS) is 14.5. The van der Waals surface area contributed by atoms with Gasteiger partial charge in [-0.25, -0.2) is 0 Å². The summed E-state index contributed by atoms with van der Waals surface area (Å²) in [7, 11) is 0. The molecule has 2 aliphatic heterocycles. The molecule has 0 unspecified atom stereocenters. The minimum Gasteiger partial charge on any atom is -0.454 e. The Morgan fingerprint density at radius 3 is 2.62 bits per heavy atom. The lowest BCUT2D eigenvalue weighted by Crippen LogP contribution is -1.95. The van der Waals surface area contributed by atoms with Crippen LogP contribution in [0.1, 0.15) is 17.5 Å². The highest BCUT2D eigenvalue weighted by atomic mass is 16.7. The molecule has 0 aliphatic carbocycles. The van der Waals surface area contributed by atoms with Crippen molar-refractivity contribution in [1.29, 1.82) is 0 Å². The van der Waals surface area contributed by atoms with Crippen molar-refractivity contribution in [3.8, 4) is 23.0 Å². The van der Waals surface area contributed by atoms with Crippen LogP contribution < -0.4 is 18.9 Å². The summed E-state index contributed by atoms with van der Waals surface area (Å²) in [5, 5.41) is 0. The molecule has 0 saturated carbocycles. The molecule has 21 heavy (non-hydrogen) atoms. The molecule has 4 rings (SSSR count). The Bertz CT molecular complexity index is 666. The number of hydrogen-bond acceptors (Lipinski definition) is 4.